The standard InChI is InChI=1S/C9H10N4O2/c1-13-7(3-4-11-13)8-10-5-6(12-8)9(14)15-2/h3-5H,1-2H3,(H,10,12). The number of aryl methyl sites for hydroxylation is 1. The van der Waals surface area contributed by atoms with Crippen LogP contribution in [-0.2, 0) is 11.8 Å². The predicted molar refractivity (Wildman–Crippen MR) is 52.1 cm³/mol. The number of H-pyrrole nitrogens is 1. The summed E-state index contributed by atoms with van der Waals surface area (Å²) in [6.45, 7) is 0. The first-order valence-corrected chi connectivity index (χ1v) is 4.34. The molecule has 0 spiro atoms. The fourth-order valence-corrected chi connectivity index (χ4v) is 1.27. The second-order valence-corrected chi connectivity index (χ2v) is 2.98. The number of hydrogen-bond donors (Lipinski definition) is 1. The van der Waals surface area contributed by atoms with Crippen molar-refractivity contribution in [3.05, 3.63) is 24.2 Å². The number of nitrogens with zero attached hydrogens (tertiary/aromatic N) is 3. The topological polar surface area (TPSA) is 72.8 Å². The highest BCUT2D eigenvalue weighted by Gasteiger charge is 2.12. The molecule has 15 heavy (non-hydrogen) atoms. The van der Waals surface area contributed by atoms with Gasteiger partial charge >= 0.3 is 5.97 Å². The Hall–Kier alpha value is -2.11. The summed E-state index contributed by atoms with van der Waals surface area (Å²) >= 11 is 0. The SMILES string of the molecule is COC(=O)c1cnc(-c2ccnn2C)[nH]1. The van der Waals surface area contributed by atoms with Gasteiger partial charge in [0.25, 0.3) is 0 Å². The molecule has 0 aliphatic heterocycles. The Balaban J connectivity index is 2.36. The number of methoxy groups -OCH3 is 1. The van der Waals surface area contributed by atoms with E-state index in [-0.39, 0.29) is 0 Å². The summed E-state index contributed by atoms with van der Waals surface area (Å²) < 4.78 is 6.23. The molecule has 0 saturated heterocycles. The molecule has 0 saturated carbocycles. The number of hydrogen-bond acceptors (Lipinski definition) is 4. The lowest BCUT2D eigenvalue weighted by molar-refractivity contribution is 0.0595. The lowest BCUT2D eigenvalue weighted by atomic mass is 10.4. The molecular weight excluding hydrogens is 196 g/mol. The molecule has 0 atom stereocenters. The molecule has 0 bridgehead atoms. The van der Waals surface area contributed by atoms with Crippen LogP contribution in [0, 0.1) is 0 Å². The molecule has 0 aliphatic carbocycles. The van der Waals surface area contributed by atoms with E-state index in [1.54, 1.807) is 24.0 Å². The van der Waals surface area contributed by atoms with Crippen molar-refractivity contribution in [2.75, 3.05) is 7.11 Å². The van der Waals surface area contributed by atoms with Gasteiger partial charge < -0.3 is 9.72 Å². The Morgan fingerprint density at radius 3 is 3.00 bits per heavy atom. The van der Waals surface area contributed by atoms with E-state index >= 15 is 0 Å². The third-order valence-electron chi connectivity index (χ3n) is 2.04. The summed E-state index contributed by atoms with van der Waals surface area (Å²) in [4.78, 5) is 18.1. The minimum Gasteiger partial charge on any atom is -0.464 e. The molecule has 2 rings (SSSR count). The van der Waals surface area contributed by atoms with Gasteiger partial charge in [-0.05, 0) is 6.07 Å². The van der Waals surface area contributed by atoms with Gasteiger partial charge in [-0.3, -0.25) is 4.68 Å². The molecule has 6 nitrogen and oxygen atoms in total. The first-order chi connectivity index (χ1) is 7.22. The van der Waals surface area contributed by atoms with Crippen molar-refractivity contribution in [1.29, 1.82) is 0 Å². The normalized spacial score (nSPS) is 10.3. The predicted octanol–water partition coefficient (Wildman–Crippen LogP) is 0.597. The van der Waals surface area contributed by atoms with Gasteiger partial charge in [-0.1, -0.05) is 0 Å². The van der Waals surface area contributed by atoms with Crippen molar-refractivity contribution in [2.45, 2.75) is 0 Å². The van der Waals surface area contributed by atoms with Crippen LogP contribution < -0.4 is 0 Å². The summed E-state index contributed by atoms with van der Waals surface area (Å²) in [7, 11) is 3.13. The van der Waals surface area contributed by atoms with Gasteiger partial charge in [-0.15, -0.1) is 0 Å². The Kier molecular flexibility index (Phi) is 2.24. The van der Waals surface area contributed by atoms with Crippen LogP contribution in [0.4, 0.5) is 0 Å². The number of esters is 1. The number of imidazole rings is 1. The van der Waals surface area contributed by atoms with Gasteiger partial charge in [-0.2, -0.15) is 5.10 Å². The summed E-state index contributed by atoms with van der Waals surface area (Å²) in [6.07, 6.45) is 3.10. The zero-order valence-corrected chi connectivity index (χ0v) is 8.39. The second kappa shape index (κ2) is 3.56. The lowest BCUT2D eigenvalue weighted by Crippen LogP contribution is -2.01. The van der Waals surface area contributed by atoms with Gasteiger partial charge in [0.1, 0.15) is 11.4 Å². The molecule has 6 heteroatoms. The molecule has 1 N–H and O–H groups in total. The second-order valence-electron chi connectivity index (χ2n) is 2.98. The molecule has 0 fully saturated rings. The zero-order valence-electron chi connectivity index (χ0n) is 8.39. The van der Waals surface area contributed by atoms with Crippen molar-refractivity contribution < 1.29 is 9.53 Å². The third kappa shape index (κ3) is 1.61. The van der Waals surface area contributed by atoms with Crippen LogP contribution in [0.2, 0.25) is 0 Å². The molecule has 0 amide bonds. The Morgan fingerprint density at radius 1 is 1.60 bits per heavy atom. The maximum absolute atomic E-state index is 11.2. The largest absolute Gasteiger partial charge is 0.464 e. The first-order valence-electron chi connectivity index (χ1n) is 4.34. The van der Waals surface area contributed by atoms with Gasteiger partial charge in [0.05, 0.1) is 13.3 Å². The zero-order chi connectivity index (χ0) is 10.8. The van der Waals surface area contributed by atoms with Crippen molar-refractivity contribution >= 4 is 5.97 Å². The van der Waals surface area contributed by atoms with E-state index in [4.69, 9.17) is 0 Å². The highest BCUT2D eigenvalue weighted by Crippen LogP contribution is 2.13. The number of rotatable bonds is 2. The van der Waals surface area contributed by atoms with Crippen LogP contribution in [0.15, 0.2) is 18.5 Å². The van der Waals surface area contributed by atoms with E-state index < -0.39 is 5.97 Å². The van der Waals surface area contributed by atoms with E-state index in [1.165, 1.54) is 13.3 Å². The van der Waals surface area contributed by atoms with Gasteiger partial charge in [-0.25, -0.2) is 9.78 Å². The molecule has 0 unspecified atom stereocenters. The fourth-order valence-electron chi connectivity index (χ4n) is 1.27. The van der Waals surface area contributed by atoms with Crippen LogP contribution in [0.25, 0.3) is 11.5 Å². The minimum atomic E-state index is -0.434. The molecule has 2 aromatic heterocycles. The molecule has 2 heterocycles. The highest BCUT2D eigenvalue weighted by atomic mass is 16.5. The van der Waals surface area contributed by atoms with Gasteiger partial charge in [0.2, 0.25) is 0 Å². The Labute approximate surface area is 85.9 Å². The molecule has 0 aromatic carbocycles. The lowest BCUT2D eigenvalue weighted by Gasteiger charge is -1.96. The van der Waals surface area contributed by atoms with E-state index in [0.29, 0.717) is 11.5 Å². The minimum absolute atomic E-state index is 0.328. The summed E-state index contributed by atoms with van der Waals surface area (Å²) in [5.41, 5.74) is 1.14. The smallest absolute Gasteiger partial charge is 0.356 e. The maximum Gasteiger partial charge on any atom is 0.356 e. The summed E-state index contributed by atoms with van der Waals surface area (Å²) in [5, 5.41) is 4.01. The van der Waals surface area contributed by atoms with Gasteiger partial charge in [0.15, 0.2) is 5.82 Å². The fraction of sp³-hybridized carbons (Fsp3) is 0.222. The van der Waals surface area contributed by atoms with Crippen LogP contribution in [0.1, 0.15) is 10.5 Å². The van der Waals surface area contributed by atoms with E-state index in [0.717, 1.165) is 5.69 Å². The van der Waals surface area contributed by atoms with Crippen LogP contribution >= 0.6 is 0 Å². The van der Waals surface area contributed by atoms with Crippen molar-refractivity contribution in [2.24, 2.45) is 7.05 Å². The average Bonchev–Trinajstić information content (AvgIpc) is 2.84. The number of aromatic nitrogens is 4. The van der Waals surface area contributed by atoms with Crippen LogP contribution in [0.3, 0.4) is 0 Å². The van der Waals surface area contributed by atoms with E-state index in [1.807, 2.05) is 0 Å². The Bertz CT molecular complexity index is 486. The summed E-state index contributed by atoms with van der Waals surface area (Å²) in [6, 6.07) is 1.81. The molecular formula is C9H10N4O2. The first kappa shape index (κ1) is 9.45. The number of carbonyl (C=O) groups is 1. The quantitative estimate of drug-likeness (QED) is 0.730. The third-order valence-corrected chi connectivity index (χ3v) is 2.04. The number of nitrogens with one attached hydrogen (secondary N) is 1. The average molecular weight is 206 g/mol. The monoisotopic (exact) mass is 206 g/mol. The number of carbonyl (C=O) groups excluding carboxylic acids is 1. The van der Waals surface area contributed by atoms with Crippen LogP contribution in [0.5, 0.6) is 0 Å². The van der Waals surface area contributed by atoms with Crippen molar-refractivity contribution in [3.8, 4) is 11.5 Å². The Morgan fingerprint density at radius 2 is 2.40 bits per heavy atom. The number of aromatic amines is 1. The molecule has 0 radical (unpaired) electrons. The van der Waals surface area contributed by atoms with E-state index in [2.05, 4.69) is 19.8 Å². The van der Waals surface area contributed by atoms with E-state index in [9.17, 15) is 4.79 Å². The molecule has 0 aliphatic rings. The highest BCUT2D eigenvalue weighted by molar-refractivity contribution is 5.87. The molecule has 78 valence electrons. The van der Waals surface area contributed by atoms with Gasteiger partial charge in [0, 0.05) is 13.2 Å². The van der Waals surface area contributed by atoms with Crippen molar-refractivity contribution in [1.82, 2.24) is 19.7 Å². The number of ether oxygens (including phenoxy) is 1. The van der Waals surface area contributed by atoms with Crippen LogP contribution in [-0.4, -0.2) is 32.8 Å². The van der Waals surface area contributed by atoms with Crippen molar-refractivity contribution in [3.63, 3.8) is 0 Å². The maximum atomic E-state index is 11.2. The molecule has 2 aromatic rings. The summed E-state index contributed by atoms with van der Waals surface area (Å²) in [5.74, 6) is 0.159.